The van der Waals surface area contributed by atoms with Crippen molar-refractivity contribution in [2.24, 2.45) is 0 Å². The lowest BCUT2D eigenvalue weighted by Gasteiger charge is -2.29. The van der Waals surface area contributed by atoms with Crippen LogP contribution >= 0.6 is 0 Å². The summed E-state index contributed by atoms with van der Waals surface area (Å²) in [7, 11) is -1.94. The van der Waals surface area contributed by atoms with E-state index >= 15 is 0 Å². The first-order valence-electron chi connectivity index (χ1n) is 16.5. The van der Waals surface area contributed by atoms with E-state index in [1.54, 1.807) is 0 Å². The monoisotopic (exact) mass is 512 g/mol. The molecule has 0 aromatic rings. The van der Waals surface area contributed by atoms with E-state index < -0.39 is 8.56 Å². The highest BCUT2D eigenvalue weighted by molar-refractivity contribution is 6.67. The van der Waals surface area contributed by atoms with E-state index in [2.05, 4.69) is 27.7 Å². The molecule has 2 nitrogen and oxygen atoms in total. The maximum absolute atomic E-state index is 6.44. The quantitative estimate of drug-likeness (QED) is 0.0703. The van der Waals surface area contributed by atoms with Crippen molar-refractivity contribution in [2.75, 3.05) is 13.2 Å². The fraction of sp³-hybridized carbons (Fsp3) is 1.00. The van der Waals surface area contributed by atoms with Gasteiger partial charge in [0.1, 0.15) is 0 Å². The Bertz CT molecular complexity index is 384. The summed E-state index contributed by atoms with van der Waals surface area (Å²) in [6.45, 7) is 11.0. The van der Waals surface area contributed by atoms with Crippen LogP contribution in [0, 0.1) is 0 Å². The van der Waals surface area contributed by atoms with Gasteiger partial charge in [-0.3, -0.25) is 0 Å². The lowest BCUT2D eigenvalue weighted by molar-refractivity contribution is 0.163. The second kappa shape index (κ2) is 28.7. The summed E-state index contributed by atoms with van der Waals surface area (Å²) in [6.07, 6.45) is 33.6. The third-order valence-electron chi connectivity index (χ3n) is 7.80. The Labute approximate surface area is 224 Å². The molecule has 0 saturated heterocycles. The third kappa shape index (κ3) is 24.2. The van der Waals surface area contributed by atoms with Crippen molar-refractivity contribution in [2.45, 2.75) is 194 Å². The molecule has 0 saturated carbocycles. The van der Waals surface area contributed by atoms with Crippen LogP contribution in [0.15, 0.2) is 0 Å². The van der Waals surface area contributed by atoms with Crippen LogP contribution in [0.4, 0.5) is 0 Å². The Hall–Kier alpha value is 0.137. The summed E-state index contributed by atoms with van der Waals surface area (Å²) in [5.74, 6) is 0. The van der Waals surface area contributed by atoms with Gasteiger partial charge in [-0.2, -0.15) is 0 Å². The van der Waals surface area contributed by atoms with Crippen LogP contribution in [0.1, 0.15) is 182 Å². The summed E-state index contributed by atoms with van der Waals surface area (Å²) < 4.78 is 12.9. The summed E-state index contributed by atoms with van der Waals surface area (Å²) in [6, 6.07) is 2.19. The van der Waals surface area contributed by atoms with Gasteiger partial charge in [0.25, 0.3) is 0 Å². The van der Waals surface area contributed by atoms with Gasteiger partial charge >= 0.3 is 8.56 Å². The van der Waals surface area contributed by atoms with Gasteiger partial charge in [0.2, 0.25) is 0 Å². The summed E-state index contributed by atoms with van der Waals surface area (Å²) >= 11 is 0. The zero-order valence-corrected chi connectivity index (χ0v) is 26.1. The molecule has 0 radical (unpaired) electrons. The smallest absolute Gasteiger partial charge is 0.337 e. The third-order valence-corrected chi connectivity index (χ3v) is 11.4. The fourth-order valence-corrected chi connectivity index (χ4v) is 7.53. The molecule has 0 aliphatic rings. The molecule has 0 bridgehead atoms. The largest absolute Gasteiger partial charge is 0.394 e. The van der Waals surface area contributed by atoms with E-state index in [1.807, 2.05) is 0 Å². The van der Waals surface area contributed by atoms with Crippen LogP contribution in [-0.4, -0.2) is 21.8 Å². The Morgan fingerprint density at radius 1 is 0.314 bits per heavy atom. The highest BCUT2D eigenvalue weighted by atomic mass is 28.4. The van der Waals surface area contributed by atoms with Gasteiger partial charge in [-0.15, -0.1) is 0 Å². The Kier molecular flexibility index (Phi) is 28.8. The van der Waals surface area contributed by atoms with E-state index in [9.17, 15) is 0 Å². The lowest BCUT2D eigenvalue weighted by Crippen LogP contribution is -2.41. The molecule has 0 aromatic carbocycles. The fourth-order valence-electron chi connectivity index (χ4n) is 5.10. The van der Waals surface area contributed by atoms with Crippen LogP contribution < -0.4 is 0 Å². The minimum atomic E-state index is -1.94. The topological polar surface area (TPSA) is 18.5 Å². The van der Waals surface area contributed by atoms with Gasteiger partial charge in [0, 0.05) is 13.2 Å². The molecule has 212 valence electrons. The van der Waals surface area contributed by atoms with Crippen molar-refractivity contribution in [3.8, 4) is 0 Å². The summed E-state index contributed by atoms with van der Waals surface area (Å²) in [5.41, 5.74) is 0. The van der Waals surface area contributed by atoms with Crippen LogP contribution in [-0.2, 0) is 8.85 Å². The maximum Gasteiger partial charge on any atom is 0.337 e. The van der Waals surface area contributed by atoms with E-state index in [0.717, 1.165) is 25.3 Å². The number of hydrogen-bond donors (Lipinski definition) is 0. The van der Waals surface area contributed by atoms with Gasteiger partial charge < -0.3 is 8.85 Å². The molecule has 0 amide bonds. The van der Waals surface area contributed by atoms with Gasteiger partial charge in [-0.25, -0.2) is 0 Å². The van der Waals surface area contributed by atoms with E-state index in [0.29, 0.717) is 0 Å². The molecule has 35 heavy (non-hydrogen) atoms. The first-order valence-corrected chi connectivity index (χ1v) is 18.8. The SMILES string of the molecule is CCCCCCCCCCCCCCCO[Si](CC)(CC)OCCCCCCCCCCCCC. The molecule has 0 N–H and O–H groups in total. The van der Waals surface area contributed by atoms with Crippen LogP contribution in [0.25, 0.3) is 0 Å². The molecule has 0 atom stereocenters. The Balaban J connectivity index is 3.56. The van der Waals surface area contributed by atoms with Crippen molar-refractivity contribution in [3.05, 3.63) is 0 Å². The van der Waals surface area contributed by atoms with Gasteiger partial charge in [0.15, 0.2) is 0 Å². The predicted molar refractivity (Wildman–Crippen MR) is 161 cm³/mol. The molecular weight excluding hydrogens is 444 g/mol. The Morgan fingerprint density at radius 2 is 0.543 bits per heavy atom. The summed E-state index contributed by atoms with van der Waals surface area (Å²) in [4.78, 5) is 0. The highest BCUT2D eigenvalue weighted by Gasteiger charge is 2.33. The maximum atomic E-state index is 6.44. The van der Waals surface area contributed by atoms with Gasteiger partial charge in [-0.05, 0) is 24.9 Å². The Morgan fingerprint density at radius 3 is 0.771 bits per heavy atom. The second-order valence-electron chi connectivity index (χ2n) is 11.1. The molecular formula is C32H68O2Si. The zero-order chi connectivity index (χ0) is 25.7. The second-order valence-corrected chi connectivity index (χ2v) is 14.9. The zero-order valence-electron chi connectivity index (χ0n) is 25.1. The van der Waals surface area contributed by atoms with E-state index in [4.69, 9.17) is 8.85 Å². The molecule has 0 heterocycles. The molecule has 0 aliphatic carbocycles. The van der Waals surface area contributed by atoms with Crippen molar-refractivity contribution in [1.29, 1.82) is 0 Å². The standard InChI is InChI=1S/C32H68O2Si/c1-5-9-11-13-15-17-19-20-22-24-26-28-30-32-34-35(7-3,8-4)33-31-29-27-25-23-21-18-16-14-12-10-6-2/h5-32H2,1-4H3. The van der Waals surface area contributed by atoms with Crippen LogP contribution in [0.5, 0.6) is 0 Å². The minimum absolute atomic E-state index is 0.920. The molecule has 0 fully saturated rings. The molecule has 0 aromatic heterocycles. The van der Waals surface area contributed by atoms with E-state index in [-0.39, 0.29) is 0 Å². The van der Waals surface area contributed by atoms with Crippen LogP contribution in [0.3, 0.4) is 0 Å². The van der Waals surface area contributed by atoms with E-state index in [1.165, 1.54) is 154 Å². The van der Waals surface area contributed by atoms with Gasteiger partial charge in [0.05, 0.1) is 0 Å². The van der Waals surface area contributed by atoms with Crippen LogP contribution in [0.2, 0.25) is 12.1 Å². The average Bonchev–Trinajstić information content (AvgIpc) is 2.88. The number of hydrogen-bond acceptors (Lipinski definition) is 2. The number of unbranched alkanes of at least 4 members (excludes halogenated alkanes) is 22. The first-order chi connectivity index (χ1) is 17.2. The number of rotatable bonds is 30. The molecule has 0 aliphatic heterocycles. The van der Waals surface area contributed by atoms with Gasteiger partial charge in [-0.1, -0.05) is 169 Å². The average molecular weight is 513 g/mol. The molecule has 0 unspecified atom stereocenters. The molecule has 0 spiro atoms. The predicted octanol–water partition coefficient (Wildman–Crippen LogP) is 11.9. The molecule has 3 heteroatoms. The molecule has 0 rings (SSSR count). The first kappa shape index (κ1) is 35.1. The van der Waals surface area contributed by atoms with Crippen molar-refractivity contribution < 1.29 is 8.85 Å². The highest BCUT2D eigenvalue weighted by Crippen LogP contribution is 2.21. The summed E-state index contributed by atoms with van der Waals surface area (Å²) in [5, 5.41) is 0. The van der Waals surface area contributed by atoms with Crippen molar-refractivity contribution >= 4 is 8.56 Å². The minimum Gasteiger partial charge on any atom is -0.394 e. The van der Waals surface area contributed by atoms with Crippen molar-refractivity contribution in [3.63, 3.8) is 0 Å². The van der Waals surface area contributed by atoms with Crippen molar-refractivity contribution in [1.82, 2.24) is 0 Å². The normalized spacial score (nSPS) is 12.0. The lowest BCUT2D eigenvalue weighted by atomic mass is 10.0.